The SMILES string of the molecule is Cc1cc(C)c(C)c(-c2c3ccccc3cc[n+]2C)c1.Cc1ccc2c(n1)oc1c(-c3cc(-c4ccccc4)cc[n+]3C)c(C)ccc12.[2H]C([2H])([2H])c1c[n+](C)c(-c2c(C)cc(C([2H])([2H])[2H])c3c2oc2nc(C)ccc23)cc1-c1ccccc1.[2H]C([2H])([2H])c1c[n+](C)c(-c2c(C)ccc3c2oc2nc(C)ccc23)cc1-c1ccccc1.[2H]C([2H])([2H])c1cc(C)c(-c2cc(-c3ccccc3)cc[n+]2C)c2oc3nc(C)ccc3c12. The molecule has 0 spiro atoms. The largest absolute Gasteiger partial charge is 0.437 e. The van der Waals surface area contributed by atoms with Gasteiger partial charge in [0.2, 0.25) is 51.3 Å². The minimum Gasteiger partial charge on any atom is -0.437 e. The van der Waals surface area contributed by atoms with Gasteiger partial charge in [0.05, 0.1) is 33.2 Å². The molecule has 0 N–H and O–H groups in total. The summed E-state index contributed by atoms with van der Waals surface area (Å²) in [6.45, 7) is 13.0. The molecular formula is C123H112N9O4+5. The Kier molecular flexibility index (Phi) is 20.5. The molecule has 13 heterocycles. The zero-order chi connectivity index (χ0) is 105. The number of nitrogens with zero attached hydrogens (tertiary/aromatic N) is 9. The standard InChI is InChI=1S/C27H25N2O.2C26H23N2O.C25H21N2O.C19H20N/c1-16-13-17(2)25(26-24(16)21-12-11-19(4)28-27(21)30-26)23-14-22(18(3)15-29(23)5)20-9-7-6-8-10-20;1-16-10-12-20-21-13-11-18(3)27-26(21)29-25(20)24(16)23-14-22(17(2)15-28(23)4)19-8-6-5-7-9-19;1-16-14-17(2)24(25-23(16)21-11-10-18(3)27-26(21)29-25)22-15-20(12-13-28(22)4)19-8-6-5-7-9-19;1-16-9-11-20-21-12-10-17(2)26-25(21)28-24(20)23(16)22-15-19(13-14-27(22)3)18-7-5-4-6-8-18;1-13-11-14(2)15(3)18(12-13)19-17-8-6-5-7-16(17)9-10-20(19)4/h6-15H,1-5H3;2*5-15H,1-4H3;4-15H,1-3H3;5-12H,1-4H3/q5*+1/i1D3,3D3;2D3;1D3;;. The van der Waals surface area contributed by atoms with Crippen LogP contribution in [0.25, 0.3) is 200 Å². The van der Waals surface area contributed by atoms with Crippen molar-refractivity contribution in [3.63, 3.8) is 0 Å². The first-order chi connectivity index (χ1) is 70.5. The van der Waals surface area contributed by atoms with E-state index in [1.807, 2.05) is 217 Å². The van der Waals surface area contributed by atoms with E-state index in [1.165, 1.54) is 55.4 Å². The molecule has 23 aromatic rings. The van der Waals surface area contributed by atoms with Gasteiger partial charge in [0.15, 0.2) is 53.3 Å². The molecule has 0 amide bonds. The fourth-order valence-electron chi connectivity index (χ4n) is 18.9. The molecule has 10 aromatic carbocycles. The van der Waals surface area contributed by atoms with Gasteiger partial charge in [-0.3, -0.25) is 0 Å². The molecule has 13 aromatic heterocycles. The molecule has 0 radical (unpaired) electrons. The van der Waals surface area contributed by atoms with Crippen molar-refractivity contribution in [1.82, 2.24) is 19.9 Å². The van der Waals surface area contributed by atoms with E-state index in [4.69, 9.17) is 34.1 Å². The summed E-state index contributed by atoms with van der Waals surface area (Å²) >= 11 is 0. The number of rotatable bonds is 9. The van der Waals surface area contributed by atoms with E-state index in [1.54, 1.807) is 36.1 Å². The van der Waals surface area contributed by atoms with Crippen molar-refractivity contribution in [2.75, 3.05) is 0 Å². The van der Waals surface area contributed by atoms with E-state index in [0.29, 0.717) is 89.3 Å². The van der Waals surface area contributed by atoms with E-state index in [0.717, 1.165) is 128 Å². The average Bonchev–Trinajstić information content (AvgIpc) is 1.53. The smallest absolute Gasteiger partial charge is 0.227 e. The van der Waals surface area contributed by atoms with Crippen LogP contribution in [0.2, 0.25) is 0 Å². The normalized spacial score (nSPS) is 13.1. The minimum atomic E-state index is -2.36. The number of aromatic nitrogens is 9. The fourth-order valence-corrected chi connectivity index (χ4v) is 18.9. The van der Waals surface area contributed by atoms with Crippen LogP contribution in [0.15, 0.2) is 334 Å². The Morgan fingerprint density at radius 2 is 0.596 bits per heavy atom. The van der Waals surface area contributed by atoms with Crippen LogP contribution in [0.1, 0.15) is 100 Å². The third-order valence-electron chi connectivity index (χ3n) is 26.0. The van der Waals surface area contributed by atoms with Crippen LogP contribution in [-0.4, -0.2) is 19.9 Å². The summed E-state index contributed by atoms with van der Waals surface area (Å²) in [6, 6.07) is 94.9. The van der Waals surface area contributed by atoms with Crippen LogP contribution in [-0.2, 0) is 35.2 Å². The summed E-state index contributed by atoms with van der Waals surface area (Å²) in [4.78, 5) is 18.2. The van der Waals surface area contributed by atoms with Gasteiger partial charge in [0, 0.05) is 136 Å². The van der Waals surface area contributed by atoms with Crippen LogP contribution in [0.5, 0.6) is 0 Å². The van der Waals surface area contributed by atoms with Gasteiger partial charge in [0.25, 0.3) is 0 Å². The molecule has 0 saturated heterocycles. The van der Waals surface area contributed by atoms with E-state index in [-0.39, 0.29) is 11.1 Å². The van der Waals surface area contributed by atoms with Crippen LogP contribution in [0, 0.1) is 104 Å². The molecule has 0 aliphatic rings. The number of furan rings is 4. The highest BCUT2D eigenvalue weighted by atomic mass is 16.4. The van der Waals surface area contributed by atoms with E-state index in [9.17, 15) is 0 Å². The molecular weight excluding hydrogens is 1670 g/mol. The maximum absolute atomic E-state index is 8.17. The zero-order valence-corrected chi connectivity index (χ0v) is 79.2. The molecule has 0 aliphatic heterocycles. The molecule has 13 heteroatoms. The highest BCUT2D eigenvalue weighted by Crippen LogP contribution is 2.45. The molecule has 0 bridgehead atoms. The Hall–Kier alpha value is -16.0. The molecule has 13 nitrogen and oxygen atoms in total. The summed E-state index contributed by atoms with van der Waals surface area (Å²) in [5, 5.41) is 9.19. The van der Waals surface area contributed by atoms with Gasteiger partial charge in [-0.1, -0.05) is 188 Å². The lowest BCUT2D eigenvalue weighted by molar-refractivity contribution is -0.660. The predicted molar refractivity (Wildman–Crippen MR) is 556 cm³/mol. The average molecular weight is 1790 g/mol. The number of fused-ring (bicyclic) bond motifs is 13. The topological polar surface area (TPSA) is 124 Å². The summed E-state index contributed by atoms with van der Waals surface area (Å²) < 4.78 is 133. The van der Waals surface area contributed by atoms with Crippen LogP contribution in [0.4, 0.5) is 0 Å². The molecule has 0 saturated carbocycles. The quantitative estimate of drug-likeness (QED) is 0.131. The van der Waals surface area contributed by atoms with Gasteiger partial charge in [0.1, 0.15) is 35.2 Å². The summed E-state index contributed by atoms with van der Waals surface area (Å²) in [5.74, 6) is 0. The Bertz CT molecular complexity index is 9170. The minimum absolute atomic E-state index is 0.202. The van der Waals surface area contributed by atoms with E-state index < -0.39 is 27.4 Å². The summed E-state index contributed by atoms with van der Waals surface area (Å²) in [6.07, 6.45) is 9.62. The maximum atomic E-state index is 8.17. The number of hydrogen-bond donors (Lipinski definition) is 0. The van der Waals surface area contributed by atoms with Crippen LogP contribution < -0.4 is 22.8 Å². The highest BCUT2D eigenvalue weighted by molar-refractivity contribution is 6.14. The van der Waals surface area contributed by atoms with Crippen molar-refractivity contribution in [1.29, 1.82) is 0 Å². The lowest BCUT2D eigenvalue weighted by Gasteiger charge is -2.11. The third-order valence-corrected chi connectivity index (χ3v) is 26.0. The molecule has 0 atom stereocenters. The van der Waals surface area contributed by atoms with Gasteiger partial charge in [-0.15, -0.1) is 0 Å². The Balaban J connectivity index is 0.000000118. The molecule has 136 heavy (non-hydrogen) atoms. The number of aryl methyl sites for hydroxylation is 19. The second-order valence-electron chi connectivity index (χ2n) is 35.6. The van der Waals surface area contributed by atoms with Gasteiger partial charge in [-0.05, 0) is 259 Å². The monoisotopic (exact) mass is 1790 g/mol. The van der Waals surface area contributed by atoms with Gasteiger partial charge in [-0.25, -0.2) is 42.8 Å². The first kappa shape index (κ1) is 75.5. The van der Waals surface area contributed by atoms with Gasteiger partial charge >= 0.3 is 0 Å². The van der Waals surface area contributed by atoms with Gasteiger partial charge < -0.3 is 17.7 Å². The van der Waals surface area contributed by atoms with Crippen molar-refractivity contribution in [2.24, 2.45) is 35.2 Å². The Labute approximate surface area is 811 Å². The molecule has 0 unspecified atom stereocenters. The van der Waals surface area contributed by atoms with Crippen LogP contribution >= 0.6 is 0 Å². The number of hydrogen-bond acceptors (Lipinski definition) is 8. The van der Waals surface area contributed by atoms with Gasteiger partial charge in [-0.2, -0.15) is 0 Å². The first-order valence-corrected chi connectivity index (χ1v) is 45.6. The van der Waals surface area contributed by atoms with Crippen molar-refractivity contribution >= 4 is 99.0 Å². The molecule has 0 aliphatic carbocycles. The van der Waals surface area contributed by atoms with E-state index >= 15 is 0 Å². The molecule has 668 valence electrons. The first-order valence-electron chi connectivity index (χ1n) is 51.6. The van der Waals surface area contributed by atoms with Crippen molar-refractivity contribution in [2.45, 2.75) is 104 Å². The fraction of sp³-hybridized carbons (Fsp3) is 0.163. The Morgan fingerprint density at radius 3 is 1.01 bits per heavy atom. The lowest BCUT2D eigenvalue weighted by Crippen LogP contribution is -2.31. The van der Waals surface area contributed by atoms with Crippen molar-refractivity contribution < 1.29 is 57.0 Å². The summed E-state index contributed by atoms with van der Waals surface area (Å²) in [5.41, 5.74) is 34.5. The highest BCUT2D eigenvalue weighted by Gasteiger charge is 2.30. The van der Waals surface area contributed by atoms with Crippen LogP contribution in [0.3, 0.4) is 0 Å². The zero-order valence-electron chi connectivity index (χ0n) is 91.2. The van der Waals surface area contributed by atoms with E-state index in [2.05, 4.69) is 217 Å². The molecule has 0 fully saturated rings. The Morgan fingerprint density at radius 1 is 0.243 bits per heavy atom. The third kappa shape index (κ3) is 17.0. The molecule has 23 rings (SSSR count). The van der Waals surface area contributed by atoms with Crippen molar-refractivity contribution in [3.8, 4) is 101 Å². The van der Waals surface area contributed by atoms with Crippen molar-refractivity contribution in [3.05, 3.63) is 400 Å². The lowest BCUT2D eigenvalue weighted by atomic mass is 9.94. The number of pyridine rings is 9. The summed E-state index contributed by atoms with van der Waals surface area (Å²) in [7, 11) is 9.85. The second-order valence-corrected chi connectivity index (χ2v) is 35.6. The maximum Gasteiger partial charge on any atom is 0.227 e. The number of benzene rings is 10. The second kappa shape index (κ2) is 36.9. The predicted octanol–water partition coefficient (Wildman–Crippen LogP) is 28.5.